The third kappa shape index (κ3) is 5.73. The van der Waals surface area contributed by atoms with Crippen molar-refractivity contribution < 1.29 is 22.7 Å². The van der Waals surface area contributed by atoms with Gasteiger partial charge in [-0.2, -0.15) is 18.2 Å². The quantitative estimate of drug-likeness (QED) is 0.343. The number of hydrogen-bond donors (Lipinski definition) is 0. The van der Waals surface area contributed by atoms with Crippen LogP contribution in [0.4, 0.5) is 23.8 Å². The molecule has 2 aliphatic rings. The molecule has 0 radical (unpaired) electrons. The van der Waals surface area contributed by atoms with E-state index in [9.17, 15) is 22.8 Å². The topological polar surface area (TPSA) is 80.6 Å². The van der Waals surface area contributed by atoms with Crippen LogP contribution in [0.3, 0.4) is 0 Å². The minimum Gasteiger partial charge on any atom is -0.444 e. The summed E-state index contributed by atoms with van der Waals surface area (Å²) < 4.78 is 49.8. The van der Waals surface area contributed by atoms with E-state index in [0.29, 0.717) is 11.3 Å². The van der Waals surface area contributed by atoms with Gasteiger partial charge in [-0.3, -0.25) is 14.5 Å². The average Bonchev–Trinajstić information content (AvgIpc) is 3.07. The van der Waals surface area contributed by atoms with Crippen molar-refractivity contribution in [2.45, 2.75) is 75.8 Å². The van der Waals surface area contributed by atoms with Crippen molar-refractivity contribution >= 4 is 46.2 Å². The summed E-state index contributed by atoms with van der Waals surface area (Å²) in [5.74, 6) is 0.390. The van der Waals surface area contributed by atoms with Crippen molar-refractivity contribution in [2.24, 2.45) is 0 Å². The second-order valence-electron chi connectivity index (χ2n) is 11.6. The van der Waals surface area contributed by atoms with Crippen molar-refractivity contribution in [1.29, 1.82) is 0 Å². The Morgan fingerprint density at radius 2 is 1.73 bits per heavy atom. The zero-order valence-electron chi connectivity index (χ0n) is 23.3. The molecule has 0 aliphatic carbocycles. The lowest BCUT2D eigenvalue weighted by atomic mass is 10.0. The number of alkyl halides is 3. The normalized spacial score (nSPS) is 21.6. The monoisotopic (exact) mass is 609 g/mol. The van der Waals surface area contributed by atoms with E-state index in [1.807, 2.05) is 26.0 Å². The maximum Gasteiger partial charge on any atom is 0.417 e. The van der Waals surface area contributed by atoms with E-state index in [1.165, 1.54) is 16.3 Å². The van der Waals surface area contributed by atoms with E-state index in [2.05, 4.69) is 9.97 Å². The van der Waals surface area contributed by atoms with Crippen LogP contribution in [-0.2, 0) is 17.5 Å². The Labute approximate surface area is 244 Å². The highest BCUT2D eigenvalue weighted by Gasteiger charge is 2.40. The van der Waals surface area contributed by atoms with Gasteiger partial charge in [0.1, 0.15) is 11.4 Å². The number of anilines is 1. The second kappa shape index (κ2) is 10.7. The number of amides is 1. The number of carbonyl (C=O) groups excluding carboxylic acids is 1. The van der Waals surface area contributed by atoms with Crippen molar-refractivity contribution in [2.75, 3.05) is 23.7 Å². The number of halogens is 4. The molecule has 3 aromatic rings. The Kier molecular flexibility index (Phi) is 7.69. The first kappa shape index (κ1) is 29.5. The van der Waals surface area contributed by atoms with Crippen LogP contribution in [0, 0.1) is 0 Å². The Morgan fingerprint density at radius 3 is 2.32 bits per heavy atom. The molecule has 0 N–H and O–H groups in total. The Bertz CT molecular complexity index is 1530. The number of pyridine rings is 1. The standard InChI is InChI=1S/C28H31ClF3N5O3S/c1-15-11-35(12-16(2)37(15)26(39)40-27(3,4)5)24-19-10-20(28(30,31)32)21(29)23-22(19)36(25(38)34-24)13-18(14-41-23)17-6-8-33-9-7-17/h6-10,15-16,18H,11-14H2,1-5H3/t15-,16+,18-/m1/s1. The summed E-state index contributed by atoms with van der Waals surface area (Å²) in [4.78, 5) is 38.5. The van der Waals surface area contributed by atoms with Gasteiger partial charge in [-0.1, -0.05) is 11.6 Å². The Morgan fingerprint density at radius 1 is 1.10 bits per heavy atom. The fourth-order valence-electron chi connectivity index (χ4n) is 5.58. The molecule has 8 nitrogen and oxygen atoms in total. The number of benzene rings is 1. The van der Waals surface area contributed by atoms with Gasteiger partial charge in [0, 0.05) is 49.1 Å². The molecule has 0 saturated carbocycles. The SMILES string of the molecule is C[C@@H]1CN(c2nc(=O)n3c4c(c(Cl)c(C(F)(F)F)cc24)SC[C@H](c2ccncc2)C3)C[C@H](C)N1C(=O)OC(C)(C)C. The fraction of sp³-hybridized carbons (Fsp3) is 0.500. The summed E-state index contributed by atoms with van der Waals surface area (Å²) in [5.41, 5.74) is -0.969. The van der Waals surface area contributed by atoms with Crippen LogP contribution in [0.15, 0.2) is 40.3 Å². The van der Waals surface area contributed by atoms with Crippen LogP contribution in [0.25, 0.3) is 10.9 Å². The van der Waals surface area contributed by atoms with E-state index in [0.717, 1.165) is 11.6 Å². The Hall–Kier alpha value is -2.99. The van der Waals surface area contributed by atoms with E-state index < -0.39 is 34.1 Å². The maximum atomic E-state index is 14.2. The predicted octanol–water partition coefficient (Wildman–Crippen LogP) is 6.19. The molecular weight excluding hydrogens is 579 g/mol. The van der Waals surface area contributed by atoms with Gasteiger partial charge >= 0.3 is 18.0 Å². The summed E-state index contributed by atoms with van der Waals surface area (Å²) >= 11 is 7.64. The zero-order chi connectivity index (χ0) is 29.9. The number of aromatic nitrogens is 3. The molecule has 0 spiro atoms. The minimum absolute atomic E-state index is 0.148. The first-order chi connectivity index (χ1) is 19.2. The molecule has 1 fully saturated rings. The van der Waals surface area contributed by atoms with Crippen LogP contribution in [0.1, 0.15) is 51.7 Å². The molecular formula is C28H31ClF3N5O3S. The molecule has 1 saturated heterocycles. The lowest BCUT2D eigenvalue weighted by Crippen LogP contribution is -2.59. The highest BCUT2D eigenvalue weighted by molar-refractivity contribution is 7.99. The van der Waals surface area contributed by atoms with Gasteiger partial charge in [0.25, 0.3) is 0 Å². The summed E-state index contributed by atoms with van der Waals surface area (Å²) in [6, 6.07) is 3.95. The highest BCUT2D eigenvalue weighted by atomic mass is 35.5. The van der Waals surface area contributed by atoms with Crippen LogP contribution in [-0.4, -0.2) is 62.1 Å². The van der Waals surface area contributed by atoms with Crippen molar-refractivity contribution in [1.82, 2.24) is 19.4 Å². The van der Waals surface area contributed by atoms with Gasteiger partial charge in [0.05, 0.1) is 33.1 Å². The molecule has 3 atom stereocenters. The summed E-state index contributed by atoms with van der Waals surface area (Å²) in [6.07, 6.45) is -1.89. The van der Waals surface area contributed by atoms with Gasteiger partial charge in [-0.25, -0.2) is 9.59 Å². The molecule has 2 aliphatic heterocycles. The van der Waals surface area contributed by atoms with Gasteiger partial charge in [-0.05, 0) is 58.4 Å². The van der Waals surface area contributed by atoms with E-state index in [-0.39, 0.29) is 53.7 Å². The zero-order valence-corrected chi connectivity index (χ0v) is 24.9. The predicted molar refractivity (Wildman–Crippen MR) is 153 cm³/mol. The van der Waals surface area contributed by atoms with E-state index in [4.69, 9.17) is 16.3 Å². The first-order valence-electron chi connectivity index (χ1n) is 13.3. The highest BCUT2D eigenvalue weighted by Crippen LogP contribution is 2.47. The number of piperazine rings is 1. The third-order valence-electron chi connectivity index (χ3n) is 7.28. The van der Waals surface area contributed by atoms with Crippen LogP contribution in [0.5, 0.6) is 0 Å². The van der Waals surface area contributed by atoms with E-state index >= 15 is 0 Å². The van der Waals surface area contributed by atoms with E-state index in [1.54, 1.807) is 43.0 Å². The van der Waals surface area contributed by atoms with Gasteiger partial charge < -0.3 is 9.64 Å². The van der Waals surface area contributed by atoms with Gasteiger partial charge in [0.2, 0.25) is 0 Å². The summed E-state index contributed by atoms with van der Waals surface area (Å²) in [7, 11) is 0. The largest absolute Gasteiger partial charge is 0.444 e. The molecule has 5 rings (SSSR count). The van der Waals surface area contributed by atoms with Gasteiger partial charge in [-0.15, -0.1) is 11.8 Å². The van der Waals surface area contributed by atoms with Crippen LogP contribution >= 0.6 is 23.4 Å². The summed E-state index contributed by atoms with van der Waals surface area (Å²) in [6.45, 7) is 9.76. The molecule has 0 unspecified atom stereocenters. The molecule has 13 heteroatoms. The number of ether oxygens (including phenoxy) is 1. The minimum atomic E-state index is -4.71. The molecule has 2 aromatic heterocycles. The molecule has 1 aromatic carbocycles. The number of thioether (sulfide) groups is 1. The van der Waals surface area contributed by atoms with Crippen molar-refractivity contribution in [3.05, 3.63) is 57.2 Å². The molecule has 0 bridgehead atoms. The molecule has 41 heavy (non-hydrogen) atoms. The first-order valence-corrected chi connectivity index (χ1v) is 14.6. The number of nitrogens with zero attached hydrogens (tertiary/aromatic N) is 5. The van der Waals surface area contributed by atoms with Crippen molar-refractivity contribution in [3.8, 4) is 0 Å². The number of hydrogen-bond acceptors (Lipinski definition) is 7. The maximum absolute atomic E-state index is 14.2. The van der Waals surface area contributed by atoms with Gasteiger partial charge in [0.15, 0.2) is 0 Å². The smallest absolute Gasteiger partial charge is 0.417 e. The lowest BCUT2D eigenvalue weighted by molar-refractivity contribution is -0.137. The Balaban J connectivity index is 1.63. The molecule has 4 heterocycles. The second-order valence-corrected chi connectivity index (χ2v) is 13.0. The lowest BCUT2D eigenvalue weighted by Gasteiger charge is -2.45. The van der Waals surface area contributed by atoms with Crippen LogP contribution < -0.4 is 10.6 Å². The fourth-order valence-corrected chi connectivity index (χ4v) is 7.26. The molecule has 1 amide bonds. The number of carbonyl (C=O) groups is 1. The average molecular weight is 610 g/mol. The third-order valence-corrected chi connectivity index (χ3v) is 9.04. The molecule has 220 valence electrons. The number of rotatable bonds is 2. The summed E-state index contributed by atoms with van der Waals surface area (Å²) in [5, 5.41) is -0.225. The van der Waals surface area contributed by atoms with Crippen LogP contribution in [0.2, 0.25) is 5.02 Å². The van der Waals surface area contributed by atoms with Crippen molar-refractivity contribution in [3.63, 3.8) is 0 Å².